The number of hydrogen-bond donors (Lipinski definition) is 2. The van der Waals surface area contributed by atoms with Gasteiger partial charge in [-0.05, 0) is 0 Å². The maximum absolute atomic E-state index is 8.38. The Hall–Kier alpha value is 0.303. The van der Waals surface area contributed by atoms with Gasteiger partial charge in [-0.1, -0.05) is 0 Å². The summed E-state index contributed by atoms with van der Waals surface area (Å²) in [5.74, 6) is 8.00. The van der Waals surface area contributed by atoms with E-state index in [1.807, 2.05) is 0 Å². The van der Waals surface area contributed by atoms with Crippen molar-refractivity contribution in [1.82, 2.24) is 0 Å². The summed E-state index contributed by atoms with van der Waals surface area (Å²) in [6, 6.07) is 0. The fourth-order valence-corrected chi connectivity index (χ4v) is 0. The number of nitrogens with two attached hydrogens (primary N) is 2. The molecule has 0 aromatic rings. The number of hydrazine groups is 1. The third-order valence-electron chi connectivity index (χ3n) is 0. The predicted octanol–water partition coefficient (Wildman–Crippen LogP) is -2.13. The Balaban J connectivity index is -0.0000000133. The van der Waals surface area contributed by atoms with Gasteiger partial charge in [0.2, 0.25) is 0 Å². The molecule has 0 bridgehead atoms. The molecule has 0 fully saturated rings. The first-order valence-electron chi connectivity index (χ1n) is 0.622. The third-order valence-corrected chi connectivity index (χ3v) is 0. The monoisotopic (exact) mass is 130 g/mol. The van der Waals surface area contributed by atoms with Crippen molar-refractivity contribution in [3.8, 4) is 0 Å². The van der Waals surface area contributed by atoms with Crippen LogP contribution in [0.15, 0.2) is 0 Å². The Bertz CT molecular complexity index is 7.61. The molecule has 0 saturated carbocycles. The van der Waals surface area contributed by atoms with E-state index in [-0.39, 0.29) is 23.7 Å². The fourth-order valence-electron chi connectivity index (χ4n) is 0. The zero-order valence-electron chi connectivity index (χ0n) is 2.77. The normalized spacial score (nSPS) is 2.40. The summed E-state index contributed by atoms with van der Waals surface area (Å²) in [4.78, 5) is 0. The maximum atomic E-state index is 8.38. The zero-order valence-corrected chi connectivity index (χ0v) is 5.74. The molecule has 5 heavy (non-hydrogen) atoms. The molecule has 0 heterocycles. The second kappa shape index (κ2) is 510. The van der Waals surface area contributed by atoms with Gasteiger partial charge in [-0.2, -0.15) is 0 Å². The molecule has 0 aliphatic rings. The van der Waals surface area contributed by atoms with Crippen LogP contribution in [-0.4, -0.2) is 5.48 Å². The van der Waals surface area contributed by atoms with Crippen molar-refractivity contribution < 1.29 is 27.3 Å². The van der Waals surface area contributed by atoms with Gasteiger partial charge in [0.25, 0.3) is 0 Å². The van der Waals surface area contributed by atoms with Crippen LogP contribution in [-0.2, 0) is 21.8 Å². The van der Waals surface area contributed by atoms with Crippen LogP contribution in [0.3, 0.4) is 0 Å². The van der Waals surface area contributed by atoms with Crippen LogP contribution in [0, 0.1) is 0 Å². The van der Waals surface area contributed by atoms with Crippen LogP contribution in [0.1, 0.15) is 0 Å². The van der Waals surface area contributed by atoms with Gasteiger partial charge >= 0.3 is 21.8 Å². The van der Waals surface area contributed by atoms with Crippen molar-refractivity contribution >= 4 is 0 Å². The quantitative estimate of drug-likeness (QED) is 0.223. The van der Waals surface area contributed by atoms with E-state index in [1.54, 1.807) is 0 Å². The SMILES string of the molecule is NN.O.[O]=[Zn]. The van der Waals surface area contributed by atoms with Crippen molar-refractivity contribution in [2.45, 2.75) is 0 Å². The summed E-state index contributed by atoms with van der Waals surface area (Å²) in [6.45, 7) is 0. The molecular formula is H6N2O2Zn. The van der Waals surface area contributed by atoms with Gasteiger partial charge < -0.3 is 5.48 Å². The Morgan fingerprint density at radius 3 is 1.20 bits per heavy atom. The molecule has 0 aliphatic carbocycles. The van der Waals surface area contributed by atoms with Crippen molar-refractivity contribution in [2.24, 2.45) is 11.7 Å². The second-order valence-corrected chi connectivity index (χ2v) is 0. The van der Waals surface area contributed by atoms with Crippen molar-refractivity contribution in [1.29, 1.82) is 0 Å². The molecule has 6 N–H and O–H groups in total. The Morgan fingerprint density at radius 1 is 1.20 bits per heavy atom. The van der Waals surface area contributed by atoms with E-state index in [4.69, 9.17) is 3.57 Å². The molecule has 0 atom stereocenters. The van der Waals surface area contributed by atoms with Gasteiger partial charge in [0, 0.05) is 0 Å². The summed E-state index contributed by atoms with van der Waals surface area (Å²) in [5, 5.41) is 0. The van der Waals surface area contributed by atoms with Crippen LogP contribution < -0.4 is 11.7 Å². The molecule has 5 heteroatoms. The third kappa shape index (κ3) is 248. The number of hydrogen-bond acceptors (Lipinski definition) is 3. The minimum absolute atomic E-state index is 0. The van der Waals surface area contributed by atoms with Crippen LogP contribution in [0.2, 0.25) is 0 Å². The average Bonchev–Trinajstić information content (AvgIpc) is 1.50. The van der Waals surface area contributed by atoms with Gasteiger partial charge in [-0.3, -0.25) is 11.7 Å². The van der Waals surface area contributed by atoms with Gasteiger partial charge in [0.15, 0.2) is 0 Å². The predicted molar refractivity (Wildman–Crippen MR) is 12.7 cm³/mol. The van der Waals surface area contributed by atoms with Crippen molar-refractivity contribution in [2.75, 3.05) is 0 Å². The zero-order chi connectivity index (χ0) is 4.00. The molecule has 0 aromatic carbocycles. The molecule has 30 valence electrons. The first kappa shape index (κ1) is 18.5. The Morgan fingerprint density at radius 2 is 1.20 bits per heavy atom. The van der Waals surface area contributed by atoms with E-state index in [9.17, 15) is 0 Å². The molecule has 0 spiro atoms. The molecular weight excluding hydrogens is 125 g/mol. The van der Waals surface area contributed by atoms with Gasteiger partial charge in [-0.15, -0.1) is 0 Å². The topological polar surface area (TPSA) is 101 Å². The standard InChI is InChI=1S/H4N2.H2O.O.Zn/c1-2;;;/h1-2H2;1H2;;. The first-order chi connectivity index (χ1) is 2.00. The minimum atomic E-state index is 0. The second-order valence-electron chi connectivity index (χ2n) is 0. The van der Waals surface area contributed by atoms with E-state index in [0.29, 0.717) is 0 Å². The van der Waals surface area contributed by atoms with E-state index < -0.39 is 0 Å². The Labute approximate surface area is 39.7 Å². The van der Waals surface area contributed by atoms with E-state index in [1.165, 1.54) is 0 Å². The number of rotatable bonds is 0. The summed E-state index contributed by atoms with van der Waals surface area (Å²) in [6.07, 6.45) is 0. The molecule has 0 rings (SSSR count). The van der Waals surface area contributed by atoms with Crippen LogP contribution >= 0.6 is 0 Å². The Kier molecular flexibility index (Phi) is 1890. The summed E-state index contributed by atoms with van der Waals surface area (Å²) in [7, 11) is 0. The van der Waals surface area contributed by atoms with Crippen LogP contribution in [0.4, 0.5) is 0 Å². The average molecular weight is 131 g/mol. The van der Waals surface area contributed by atoms with Gasteiger partial charge in [0.05, 0.1) is 0 Å². The molecule has 0 aliphatic heterocycles. The molecule has 0 amide bonds. The van der Waals surface area contributed by atoms with E-state index in [0.717, 1.165) is 0 Å². The summed E-state index contributed by atoms with van der Waals surface area (Å²) in [5.41, 5.74) is 0. The van der Waals surface area contributed by atoms with E-state index in [2.05, 4.69) is 11.7 Å². The molecule has 0 saturated heterocycles. The van der Waals surface area contributed by atoms with Crippen LogP contribution in [0.5, 0.6) is 0 Å². The molecule has 4 nitrogen and oxygen atoms in total. The molecule has 0 unspecified atom stereocenters. The fraction of sp³-hybridized carbons (Fsp3) is 0. The van der Waals surface area contributed by atoms with Gasteiger partial charge in [-0.25, -0.2) is 0 Å². The summed E-state index contributed by atoms with van der Waals surface area (Å²) >= 11 is 0.125. The molecule has 0 aromatic heterocycles. The molecule has 0 radical (unpaired) electrons. The first-order valence-corrected chi connectivity index (χ1v) is 1.83. The van der Waals surface area contributed by atoms with Crippen molar-refractivity contribution in [3.63, 3.8) is 0 Å². The van der Waals surface area contributed by atoms with Crippen molar-refractivity contribution in [3.05, 3.63) is 0 Å². The van der Waals surface area contributed by atoms with Gasteiger partial charge in [0.1, 0.15) is 0 Å². The van der Waals surface area contributed by atoms with Crippen LogP contribution in [0.25, 0.3) is 0 Å². The van der Waals surface area contributed by atoms with E-state index >= 15 is 0 Å². The summed E-state index contributed by atoms with van der Waals surface area (Å²) < 4.78 is 8.38.